The number of nitrogens with zero attached hydrogens (tertiary/aromatic N) is 1. The lowest BCUT2D eigenvalue weighted by Gasteiger charge is -2.15. The van der Waals surface area contributed by atoms with Crippen molar-refractivity contribution in [2.45, 2.75) is 19.4 Å². The maximum Gasteiger partial charge on any atom is 0.122 e. The summed E-state index contributed by atoms with van der Waals surface area (Å²) in [4.78, 5) is 13.8. The van der Waals surface area contributed by atoms with E-state index in [1.54, 1.807) is 0 Å². The van der Waals surface area contributed by atoms with Gasteiger partial charge in [0.1, 0.15) is 5.54 Å². The van der Waals surface area contributed by atoms with E-state index in [0.29, 0.717) is 0 Å². The molecule has 0 spiro atoms. The first-order valence-corrected chi connectivity index (χ1v) is 4.55. The highest BCUT2D eigenvalue weighted by Crippen LogP contribution is 2.26. The van der Waals surface area contributed by atoms with Crippen LogP contribution in [0.2, 0.25) is 0 Å². The second kappa shape index (κ2) is 2.94. The van der Waals surface area contributed by atoms with Gasteiger partial charge in [-0.1, -0.05) is 17.3 Å². The molecule has 0 radical (unpaired) electrons. The molecule has 0 saturated carbocycles. The summed E-state index contributed by atoms with van der Waals surface area (Å²) < 4.78 is 0. The zero-order valence-electron chi connectivity index (χ0n) is 8.24. The van der Waals surface area contributed by atoms with Crippen molar-refractivity contribution >= 4 is 10.9 Å². The molecule has 0 aliphatic rings. The molecule has 0 bridgehead atoms. The number of H-pyrrole nitrogens is 1. The third-order valence-corrected chi connectivity index (χ3v) is 2.49. The molecule has 0 unspecified atom stereocenters. The van der Waals surface area contributed by atoms with Crippen molar-refractivity contribution in [3.63, 3.8) is 0 Å². The van der Waals surface area contributed by atoms with Crippen LogP contribution in [0.3, 0.4) is 0 Å². The Morgan fingerprint density at radius 2 is 2.07 bits per heavy atom. The van der Waals surface area contributed by atoms with E-state index in [1.807, 2.05) is 44.3 Å². The average Bonchev–Trinajstić information content (AvgIpc) is 2.64. The minimum atomic E-state index is -0.653. The van der Waals surface area contributed by atoms with E-state index in [2.05, 4.69) is 10.2 Å². The first-order chi connectivity index (χ1) is 6.63. The number of fused-ring (bicyclic) bond motifs is 1. The van der Waals surface area contributed by atoms with E-state index in [4.69, 9.17) is 0 Å². The summed E-state index contributed by atoms with van der Waals surface area (Å²) in [6.45, 7) is 3.62. The molecule has 2 aromatic rings. The summed E-state index contributed by atoms with van der Waals surface area (Å²) in [5, 5.41) is 4.27. The Bertz CT molecular complexity index is 471. The lowest BCUT2D eigenvalue weighted by molar-refractivity contribution is 0.553. The summed E-state index contributed by atoms with van der Waals surface area (Å²) in [5.74, 6) is 0. The highest BCUT2D eigenvalue weighted by molar-refractivity contribution is 5.80. The minimum absolute atomic E-state index is 0.653. The zero-order chi connectivity index (χ0) is 10.2. The van der Waals surface area contributed by atoms with E-state index in [1.165, 1.54) is 0 Å². The number of benzene rings is 1. The van der Waals surface area contributed by atoms with Gasteiger partial charge in [-0.3, -0.25) is 0 Å². The smallest absolute Gasteiger partial charge is 0.122 e. The number of rotatable bonds is 2. The Kier molecular flexibility index (Phi) is 1.88. The van der Waals surface area contributed by atoms with Crippen molar-refractivity contribution in [2.75, 3.05) is 0 Å². The summed E-state index contributed by atoms with van der Waals surface area (Å²) in [6.07, 6.45) is 1.88. The Morgan fingerprint density at radius 1 is 1.29 bits per heavy atom. The quantitative estimate of drug-likeness (QED) is 0.723. The molecule has 3 heteroatoms. The van der Waals surface area contributed by atoms with Crippen LogP contribution in [0.1, 0.15) is 19.4 Å². The Morgan fingerprint density at radius 3 is 2.79 bits per heavy atom. The summed E-state index contributed by atoms with van der Waals surface area (Å²) in [7, 11) is 0. The molecule has 0 amide bonds. The molecule has 1 aromatic heterocycles. The lowest BCUT2D eigenvalue weighted by Crippen LogP contribution is -2.12. The zero-order valence-corrected chi connectivity index (χ0v) is 8.24. The summed E-state index contributed by atoms with van der Waals surface area (Å²) in [5.41, 5.74) is 1.32. The van der Waals surface area contributed by atoms with Crippen LogP contribution in [0, 0.1) is 4.91 Å². The summed E-state index contributed by atoms with van der Waals surface area (Å²) >= 11 is 0. The third-order valence-electron chi connectivity index (χ3n) is 2.49. The Balaban J connectivity index is 2.59. The molecule has 14 heavy (non-hydrogen) atoms. The molecule has 1 aromatic carbocycles. The predicted octanol–water partition coefficient (Wildman–Crippen LogP) is 3.17. The van der Waals surface area contributed by atoms with Crippen LogP contribution < -0.4 is 0 Å². The number of nitrogens with one attached hydrogen (secondary N) is 1. The highest BCUT2D eigenvalue weighted by Gasteiger charge is 2.21. The molecule has 0 saturated heterocycles. The first kappa shape index (κ1) is 8.94. The number of aromatic amines is 1. The van der Waals surface area contributed by atoms with Crippen molar-refractivity contribution in [2.24, 2.45) is 5.18 Å². The van der Waals surface area contributed by atoms with Gasteiger partial charge in [0.2, 0.25) is 0 Å². The van der Waals surface area contributed by atoms with Crippen LogP contribution in [-0.4, -0.2) is 4.98 Å². The maximum absolute atomic E-state index is 10.6. The monoisotopic (exact) mass is 188 g/mol. The molecule has 3 nitrogen and oxygen atoms in total. The van der Waals surface area contributed by atoms with E-state index >= 15 is 0 Å². The fourth-order valence-electron chi connectivity index (χ4n) is 1.48. The van der Waals surface area contributed by atoms with E-state index < -0.39 is 5.54 Å². The van der Waals surface area contributed by atoms with Crippen LogP contribution >= 0.6 is 0 Å². The predicted molar refractivity (Wildman–Crippen MR) is 57.1 cm³/mol. The van der Waals surface area contributed by atoms with E-state index in [9.17, 15) is 4.91 Å². The van der Waals surface area contributed by atoms with Crippen LogP contribution in [0.25, 0.3) is 10.9 Å². The van der Waals surface area contributed by atoms with Gasteiger partial charge in [-0.15, -0.1) is 4.91 Å². The topological polar surface area (TPSA) is 45.2 Å². The van der Waals surface area contributed by atoms with Gasteiger partial charge < -0.3 is 4.98 Å². The van der Waals surface area contributed by atoms with Gasteiger partial charge in [0, 0.05) is 11.7 Å². The fraction of sp³-hybridized carbons (Fsp3) is 0.273. The van der Waals surface area contributed by atoms with Gasteiger partial charge >= 0.3 is 0 Å². The van der Waals surface area contributed by atoms with E-state index in [0.717, 1.165) is 16.5 Å². The Labute approximate surface area is 82.1 Å². The largest absolute Gasteiger partial charge is 0.361 e. The van der Waals surface area contributed by atoms with Crippen molar-refractivity contribution in [3.8, 4) is 0 Å². The van der Waals surface area contributed by atoms with Crippen LogP contribution in [0.4, 0.5) is 0 Å². The van der Waals surface area contributed by atoms with Crippen LogP contribution in [0.15, 0.2) is 35.6 Å². The second-order valence-corrected chi connectivity index (χ2v) is 3.93. The number of hydrogen-bond donors (Lipinski definition) is 1. The standard InChI is InChI=1S/C11H12N2O/c1-11(2,13-14)9-4-3-8-5-6-12-10(8)7-9/h3-7,12H,1-2H3. The Hall–Kier alpha value is -1.64. The van der Waals surface area contributed by atoms with Crippen LogP contribution in [0.5, 0.6) is 0 Å². The second-order valence-electron chi connectivity index (χ2n) is 3.93. The van der Waals surface area contributed by atoms with Gasteiger partial charge in [-0.25, -0.2) is 0 Å². The molecule has 0 aliphatic heterocycles. The number of nitroso groups, excluding NO2 is 1. The van der Waals surface area contributed by atoms with E-state index in [-0.39, 0.29) is 0 Å². The van der Waals surface area contributed by atoms with Crippen molar-refractivity contribution in [1.82, 2.24) is 4.98 Å². The molecular weight excluding hydrogens is 176 g/mol. The SMILES string of the molecule is CC(C)(N=O)c1ccc2cc[nH]c2c1. The molecule has 0 aliphatic carbocycles. The number of hydrogen-bond acceptors (Lipinski definition) is 2. The molecule has 72 valence electrons. The van der Waals surface area contributed by atoms with Crippen molar-refractivity contribution < 1.29 is 0 Å². The van der Waals surface area contributed by atoms with Crippen molar-refractivity contribution in [3.05, 3.63) is 40.9 Å². The van der Waals surface area contributed by atoms with Gasteiger partial charge in [0.25, 0.3) is 0 Å². The van der Waals surface area contributed by atoms with Gasteiger partial charge in [-0.05, 0) is 36.9 Å². The number of aromatic nitrogens is 1. The molecular formula is C11H12N2O. The minimum Gasteiger partial charge on any atom is -0.361 e. The fourth-order valence-corrected chi connectivity index (χ4v) is 1.48. The van der Waals surface area contributed by atoms with Crippen molar-refractivity contribution in [1.29, 1.82) is 0 Å². The summed E-state index contributed by atoms with van der Waals surface area (Å²) in [6, 6.07) is 7.91. The highest BCUT2D eigenvalue weighted by atomic mass is 16.3. The normalized spacial score (nSPS) is 11.9. The van der Waals surface area contributed by atoms with Gasteiger partial charge in [0.15, 0.2) is 0 Å². The average molecular weight is 188 g/mol. The lowest BCUT2D eigenvalue weighted by atomic mass is 9.95. The first-order valence-electron chi connectivity index (χ1n) is 4.55. The van der Waals surface area contributed by atoms with Gasteiger partial charge in [0.05, 0.1) is 0 Å². The van der Waals surface area contributed by atoms with Crippen LogP contribution in [-0.2, 0) is 5.54 Å². The third kappa shape index (κ3) is 1.31. The van der Waals surface area contributed by atoms with Gasteiger partial charge in [-0.2, -0.15) is 0 Å². The molecule has 2 rings (SSSR count). The molecule has 0 atom stereocenters. The molecule has 0 fully saturated rings. The maximum atomic E-state index is 10.6. The molecule has 1 N–H and O–H groups in total. The molecule has 1 heterocycles.